The number of aryl methyl sites for hydroxylation is 2. The number of rotatable bonds is 3. The van der Waals surface area contributed by atoms with E-state index in [-0.39, 0.29) is 12.0 Å². The van der Waals surface area contributed by atoms with E-state index in [1.165, 1.54) is 0 Å². The number of nitrogens with one attached hydrogen (secondary N) is 1. The first-order valence-corrected chi connectivity index (χ1v) is 6.24. The smallest absolute Gasteiger partial charge is 0.306 e. The highest BCUT2D eigenvalue weighted by molar-refractivity contribution is 5.83. The lowest BCUT2D eigenvalue weighted by Gasteiger charge is -2.09. The Hall–Kier alpha value is -2.10. The third kappa shape index (κ3) is 2.67. The molecular weight excluding hydrogens is 242 g/mol. The van der Waals surface area contributed by atoms with Crippen molar-refractivity contribution in [3.63, 3.8) is 0 Å². The molecule has 1 atom stereocenters. The van der Waals surface area contributed by atoms with Crippen molar-refractivity contribution >= 4 is 16.9 Å². The summed E-state index contributed by atoms with van der Waals surface area (Å²) in [7, 11) is 0. The number of carboxylic acids is 1. The zero-order chi connectivity index (χ0) is 14.2. The summed E-state index contributed by atoms with van der Waals surface area (Å²) < 4.78 is 0. The van der Waals surface area contributed by atoms with Crippen LogP contribution in [0.5, 0.6) is 0 Å². The predicted octanol–water partition coefficient (Wildman–Crippen LogP) is 2.41. The highest BCUT2D eigenvalue weighted by atomic mass is 16.4. The second-order valence-electron chi connectivity index (χ2n) is 5.11. The van der Waals surface area contributed by atoms with Crippen LogP contribution in [0.25, 0.3) is 10.9 Å². The first kappa shape index (κ1) is 13.3. The first-order chi connectivity index (χ1) is 8.88. The summed E-state index contributed by atoms with van der Waals surface area (Å²) in [5, 5.41) is 9.87. The highest BCUT2D eigenvalue weighted by Crippen LogP contribution is 2.19. The minimum Gasteiger partial charge on any atom is -0.481 e. The van der Waals surface area contributed by atoms with Gasteiger partial charge in [0.15, 0.2) is 0 Å². The van der Waals surface area contributed by atoms with E-state index in [9.17, 15) is 9.59 Å². The molecule has 4 nitrogen and oxygen atoms in total. The maximum Gasteiger partial charge on any atom is 0.306 e. The van der Waals surface area contributed by atoms with Gasteiger partial charge in [-0.05, 0) is 43.4 Å². The lowest BCUT2D eigenvalue weighted by Crippen LogP contribution is -2.19. The predicted molar refractivity (Wildman–Crippen MR) is 74.5 cm³/mol. The van der Waals surface area contributed by atoms with Crippen molar-refractivity contribution in [2.45, 2.75) is 27.2 Å². The fraction of sp³-hybridized carbons (Fsp3) is 0.333. The van der Waals surface area contributed by atoms with Crippen molar-refractivity contribution in [2.75, 3.05) is 0 Å². The van der Waals surface area contributed by atoms with Gasteiger partial charge in [0.25, 0.3) is 5.56 Å². The van der Waals surface area contributed by atoms with Gasteiger partial charge < -0.3 is 10.1 Å². The molecule has 0 fully saturated rings. The largest absolute Gasteiger partial charge is 0.481 e. The second kappa shape index (κ2) is 4.88. The van der Waals surface area contributed by atoms with Crippen LogP contribution in [0, 0.1) is 19.8 Å². The monoisotopic (exact) mass is 259 g/mol. The van der Waals surface area contributed by atoms with Gasteiger partial charge in [-0.3, -0.25) is 9.59 Å². The summed E-state index contributed by atoms with van der Waals surface area (Å²) in [5.74, 6) is -1.45. The van der Waals surface area contributed by atoms with E-state index in [0.717, 1.165) is 22.0 Å². The quantitative estimate of drug-likeness (QED) is 0.889. The number of hydrogen-bond acceptors (Lipinski definition) is 2. The third-order valence-corrected chi connectivity index (χ3v) is 3.32. The number of aromatic nitrogens is 1. The average molecular weight is 259 g/mol. The van der Waals surface area contributed by atoms with Crippen LogP contribution in [0.4, 0.5) is 0 Å². The lowest BCUT2D eigenvalue weighted by atomic mass is 9.99. The molecule has 4 heteroatoms. The number of aliphatic carboxylic acids is 1. The number of carboxylic acid groups (broad SMARTS) is 1. The van der Waals surface area contributed by atoms with E-state index < -0.39 is 11.9 Å². The van der Waals surface area contributed by atoms with Gasteiger partial charge >= 0.3 is 5.97 Å². The molecule has 2 N–H and O–H groups in total. The van der Waals surface area contributed by atoms with Gasteiger partial charge in [0.05, 0.1) is 11.4 Å². The molecule has 0 aliphatic rings. The molecule has 1 aromatic carbocycles. The third-order valence-electron chi connectivity index (χ3n) is 3.32. The molecule has 0 radical (unpaired) electrons. The van der Waals surface area contributed by atoms with Crippen LogP contribution in [0.1, 0.15) is 23.6 Å². The molecule has 0 aliphatic heterocycles. The number of carbonyl (C=O) groups is 1. The molecule has 0 aliphatic carbocycles. The lowest BCUT2D eigenvalue weighted by molar-refractivity contribution is -0.141. The van der Waals surface area contributed by atoms with Crippen LogP contribution in [-0.4, -0.2) is 16.1 Å². The Morgan fingerprint density at radius 2 is 2.00 bits per heavy atom. The molecule has 19 heavy (non-hydrogen) atoms. The van der Waals surface area contributed by atoms with E-state index >= 15 is 0 Å². The highest BCUT2D eigenvalue weighted by Gasteiger charge is 2.14. The molecule has 2 rings (SSSR count). The number of hydrogen-bond donors (Lipinski definition) is 2. The van der Waals surface area contributed by atoms with Gasteiger partial charge in [0.1, 0.15) is 0 Å². The van der Waals surface area contributed by atoms with Gasteiger partial charge in [-0.15, -0.1) is 0 Å². The summed E-state index contributed by atoms with van der Waals surface area (Å²) >= 11 is 0. The normalized spacial score (nSPS) is 12.6. The summed E-state index contributed by atoms with van der Waals surface area (Å²) in [5.41, 5.74) is 3.28. The number of pyridine rings is 1. The molecule has 1 aromatic heterocycles. The van der Waals surface area contributed by atoms with Crippen molar-refractivity contribution in [1.82, 2.24) is 4.98 Å². The molecule has 100 valence electrons. The molecule has 2 aromatic rings. The Labute approximate surface area is 111 Å². The Morgan fingerprint density at radius 1 is 1.32 bits per heavy atom. The maximum absolute atomic E-state index is 12.0. The Balaban J connectivity index is 2.55. The van der Waals surface area contributed by atoms with Crippen LogP contribution in [0.15, 0.2) is 23.0 Å². The van der Waals surface area contributed by atoms with Crippen LogP contribution in [0.2, 0.25) is 0 Å². The van der Waals surface area contributed by atoms with Crippen molar-refractivity contribution < 1.29 is 9.90 Å². The van der Waals surface area contributed by atoms with Crippen molar-refractivity contribution in [2.24, 2.45) is 5.92 Å². The van der Waals surface area contributed by atoms with E-state index in [0.29, 0.717) is 5.56 Å². The summed E-state index contributed by atoms with van der Waals surface area (Å²) in [6.07, 6.45) is 0.244. The number of H-pyrrole nitrogens is 1. The number of fused-ring (bicyclic) bond motifs is 1. The molecule has 0 bridgehead atoms. The average Bonchev–Trinajstić information content (AvgIpc) is 2.31. The molecule has 0 saturated heterocycles. The Bertz CT molecular complexity index is 700. The molecule has 1 heterocycles. The first-order valence-electron chi connectivity index (χ1n) is 6.24. The van der Waals surface area contributed by atoms with Gasteiger partial charge in [0, 0.05) is 5.56 Å². The van der Waals surface area contributed by atoms with Crippen molar-refractivity contribution in [3.8, 4) is 0 Å². The number of benzene rings is 1. The van der Waals surface area contributed by atoms with Crippen LogP contribution in [0.3, 0.4) is 0 Å². The van der Waals surface area contributed by atoms with Crippen molar-refractivity contribution in [1.29, 1.82) is 0 Å². The van der Waals surface area contributed by atoms with Gasteiger partial charge in [-0.25, -0.2) is 0 Å². The van der Waals surface area contributed by atoms with E-state index in [2.05, 4.69) is 4.98 Å². The van der Waals surface area contributed by atoms with Crippen LogP contribution >= 0.6 is 0 Å². The Kier molecular flexibility index (Phi) is 3.42. The number of aromatic amines is 1. The minimum absolute atomic E-state index is 0.201. The van der Waals surface area contributed by atoms with Gasteiger partial charge in [-0.2, -0.15) is 0 Å². The summed E-state index contributed by atoms with van der Waals surface area (Å²) in [6.45, 7) is 5.55. The van der Waals surface area contributed by atoms with Crippen LogP contribution in [-0.2, 0) is 11.2 Å². The maximum atomic E-state index is 12.0. The van der Waals surface area contributed by atoms with Gasteiger partial charge in [-0.1, -0.05) is 18.6 Å². The van der Waals surface area contributed by atoms with Crippen molar-refractivity contribution in [3.05, 3.63) is 45.2 Å². The summed E-state index contributed by atoms with van der Waals surface area (Å²) in [6, 6.07) is 5.80. The zero-order valence-corrected chi connectivity index (χ0v) is 11.3. The van der Waals surface area contributed by atoms with Gasteiger partial charge in [0.2, 0.25) is 0 Å². The minimum atomic E-state index is -0.889. The van der Waals surface area contributed by atoms with Crippen LogP contribution < -0.4 is 5.56 Å². The van der Waals surface area contributed by atoms with E-state index in [4.69, 9.17) is 5.11 Å². The molecule has 0 spiro atoms. The fourth-order valence-corrected chi connectivity index (χ4v) is 2.30. The Morgan fingerprint density at radius 3 is 2.63 bits per heavy atom. The van der Waals surface area contributed by atoms with E-state index in [1.54, 1.807) is 13.0 Å². The second-order valence-corrected chi connectivity index (χ2v) is 5.11. The molecule has 1 unspecified atom stereocenters. The topological polar surface area (TPSA) is 70.2 Å². The fourth-order valence-electron chi connectivity index (χ4n) is 2.30. The standard InChI is InChI=1S/C15H17NO3/c1-8-4-9(2)13-11(5-8)7-12(14(17)16-13)6-10(3)15(18)19/h4-5,7,10H,6H2,1-3H3,(H,16,17)(H,18,19). The zero-order valence-electron chi connectivity index (χ0n) is 11.3. The SMILES string of the molecule is Cc1cc(C)c2[nH]c(=O)c(CC(C)C(=O)O)cc2c1. The molecule has 0 saturated carbocycles. The molecule has 0 amide bonds. The summed E-state index contributed by atoms with van der Waals surface area (Å²) in [4.78, 5) is 25.7. The molecular formula is C15H17NO3. The van der Waals surface area contributed by atoms with E-state index in [1.807, 2.05) is 26.0 Å².